The fourth-order valence-corrected chi connectivity index (χ4v) is 15.0. The standard InChI is InChI=1S/C53H64BrN10O5P/c1-6-35-10-11-37-40(56-35)12-13-41(48(37)70(68)27-7-8-28-70)57-49-39(54)32-55-52(60-49)58-42-29-33(2)45(31-46(42)69-5)63-21-18-36(19-22-63)62-25-23-61(24-26-62)20-17-34-9-14-43-38(30-34)53(3,4)51(67)64(43)44-15-16-47(65)59-50(44)66/h9-14,29-32,36,44H,6-8,15-28H2,1-5H3,(H,59,65,66)(H2,55,57,58,60). The van der Waals surface area contributed by atoms with E-state index < -0.39 is 24.5 Å². The number of carbonyl (C=O) groups is 3. The minimum Gasteiger partial charge on any atom is -0.494 e. The van der Waals surface area contributed by atoms with Crippen molar-refractivity contribution in [1.29, 1.82) is 0 Å². The molecule has 3 amide bonds. The Hall–Kier alpha value is -5.41. The van der Waals surface area contributed by atoms with Gasteiger partial charge in [-0.2, -0.15) is 4.98 Å². The van der Waals surface area contributed by atoms with Gasteiger partial charge in [0, 0.05) is 111 Å². The van der Waals surface area contributed by atoms with Crippen LogP contribution in [0.4, 0.5) is 34.5 Å². The average molecular weight is 1030 g/mol. The van der Waals surface area contributed by atoms with Crippen LogP contribution < -0.4 is 35.8 Å². The molecule has 0 saturated carbocycles. The predicted octanol–water partition coefficient (Wildman–Crippen LogP) is 8.19. The van der Waals surface area contributed by atoms with E-state index in [9.17, 15) is 18.9 Å². The highest BCUT2D eigenvalue weighted by molar-refractivity contribution is 9.10. The Balaban J connectivity index is 0.744. The topological polar surface area (TPSA) is 165 Å². The maximum absolute atomic E-state index is 14.5. The zero-order valence-corrected chi connectivity index (χ0v) is 43.4. The molecule has 0 aliphatic carbocycles. The van der Waals surface area contributed by atoms with Gasteiger partial charge in [0.25, 0.3) is 0 Å². The molecule has 0 spiro atoms. The first-order valence-corrected chi connectivity index (χ1v) is 27.9. The van der Waals surface area contributed by atoms with Crippen molar-refractivity contribution in [3.8, 4) is 5.75 Å². The Morgan fingerprint density at radius 2 is 1.66 bits per heavy atom. The number of ether oxygens (including phenoxy) is 1. The fourth-order valence-electron chi connectivity index (χ4n) is 11.4. The van der Waals surface area contributed by atoms with Crippen LogP contribution in [0, 0.1) is 6.92 Å². The lowest BCUT2D eigenvalue weighted by molar-refractivity contribution is -0.136. The van der Waals surface area contributed by atoms with Crippen molar-refractivity contribution >= 4 is 91.5 Å². The quantitative estimate of drug-likeness (QED) is 0.0765. The van der Waals surface area contributed by atoms with E-state index in [4.69, 9.17) is 14.7 Å². The number of hydrogen-bond acceptors (Lipinski definition) is 13. The SMILES string of the molecule is CCc1ccc2c(P3(=O)CCCC3)c(Nc3nc(Nc4cc(C)c(N5CCC(N6CCN(CCc7ccc8c(c7)C(C)(C)C(=O)N8C7CCC(=O)NC7=O)CC6)CC5)cc4OC)ncc3Br)ccc2n1. The number of amides is 3. The molecule has 5 aliphatic rings. The summed E-state index contributed by atoms with van der Waals surface area (Å²) in [7, 11) is -0.946. The molecule has 7 heterocycles. The van der Waals surface area contributed by atoms with Crippen LogP contribution in [0.2, 0.25) is 0 Å². The molecular formula is C53H64BrN10O5P. The van der Waals surface area contributed by atoms with Gasteiger partial charge in [0.1, 0.15) is 24.8 Å². The number of methoxy groups -OCH3 is 1. The van der Waals surface area contributed by atoms with Gasteiger partial charge >= 0.3 is 0 Å². The number of nitrogens with zero attached hydrogens (tertiary/aromatic N) is 7. The molecule has 5 aromatic rings. The number of piperazine rings is 1. The van der Waals surface area contributed by atoms with E-state index in [-0.39, 0.29) is 18.2 Å². The maximum atomic E-state index is 14.5. The monoisotopic (exact) mass is 1030 g/mol. The molecule has 5 aliphatic heterocycles. The minimum absolute atomic E-state index is 0.0931. The summed E-state index contributed by atoms with van der Waals surface area (Å²) in [5, 5.41) is 11.2. The van der Waals surface area contributed by atoms with E-state index in [0.717, 1.165) is 134 Å². The van der Waals surface area contributed by atoms with E-state index >= 15 is 0 Å². The molecule has 3 N–H and O–H groups in total. The Bertz CT molecular complexity index is 2910. The first-order valence-electron chi connectivity index (χ1n) is 25.0. The van der Waals surface area contributed by atoms with Gasteiger partial charge in [-0.25, -0.2) is 4.98 Å². The number of piperidine rings is 2. The second-order valence-corrected chi connectivity index (χ2v) is 24.1. The van der Waals surface area contributed by atoms with Crippen LogP contribution in [-0.4, -0.2) is 120 Å². The molecule has 2 aromatic heterocycles. The summed E-state index contributed by atoms with van der Waals surface area (Å²) >= 11 is 3.67. The minimum atomic E-state index is -2.64. The van der Waals surface area contributed by atoms with Crippen molar-refractivity contribution in [2.45, 2.75) is 96.6 Å². The number of pyridine rings is 1. The van der Waals surface area contributed by atoms with Crippen molar-refractivity contribution in [3.63, 3.8) is 0 Å². The van der Waals surface area contributed by atoms with E-state index in [1.54, 1.807) is 18.2 Å². The lowest BCUT2D eigenvalue weighted by atomic mass is 9.85. The zero-order chi connectivity index (χ0) is 48.9. The van der Waals surface area contributed by atoms with Crippen molar-refractivity contribution in [2.75, 3.05) is 85.7 Å². The Morgan fingerprint density at radius 1 is 0.886 bits per heavy atom. The summed E-state index contributed by atoms with van der Waals surface area (Å²) < 4.78 is 21.2. The molecular weight excluding hydrogens is 968 g/mol. The predicted molar refractivity (Wildman–Crippen MR) is 281 cm³/mol. The number of aromatic nitrogens is 3. The van der Waals surface area contributed by atoms with Crippen molar-refractivity contribution in [1.82, 2.24) is 30.1 Å². The molecule has 4 saturated heterocycles. The van der Waals surface area contributed by atoms with Gasteiger partial charge in [0.15, 0.2) is 0 Å². The lowest BCUT2D eigenvalue weighted by Crippen LogP contribution is -2.55. The van der Waals surface area contributed by atoms with Gasteiger partial charge < -0.3 is 29.7 Å². The molecule has 4 fully saturated rings. The molecule has 0 bridgehead atoms. The molecule has 17 heteroatoms. The number of benzene rings is 3. The molecule has 1 atom stereocenters. The summed E-state index contributed by atoms with van der Waals surface area (Å²) in [5.41, 5.74) is 7.92. The van der Waals surface area contributed by atoms with Crippen LogP contribution in [0.1, 0.15) is 81.7 Å². The highest BCUT2D eigenvalue weighted by atomic mass is 79.9. The van der Waals surface area contributed by atoms with Crippen molar-refractivity contribution in [2.24, 2.45) is 0 Å². The van der Waals surface area contributed by atoms with Crippen LogP contribution in [0.15, 0.2) is 65.3 Å². The van der Waals surface area contributed by atoms with E-state index in [1.165, 1.54) is 11.3 Å². The van der Waals surface area contributed by atoms with Gasteiger partial charge in [-0.3, -0.25) is 34.5 Å². The van der Waals surface area contributed by atoms with Crippen LogP contribution in [0.25, 0.3) is 10.9 Å². The Morgan fingerprint density at radius 3 is 2.39 bits per heavy atom. The highest BCUT2D eigenvalue weighted by Gasteiger charge is 2.49. The number of fused-ring (bicyclic) bond motifs is 2. The summed E-state index contributed by atoms with van der Waals surface area (Å²) in [6.07, 6.45) is 9.52. The van der Waals surface area contributed by atoms with E-state index in [2.05, 4.69) is 95.7 Å². The lowest BCUT2D eigenvalue weighted by Gasteiger charge is -2.43. The molecule has 0 radical (unpaired) electrons. The second-order valence-electron chi connectivity index (χ2n) is 20.2. The third-order valence-electron chi connectivity index (χ3n) is 15.4. The van der Waals surface area contributed by atoms with Crippen LogP contribution >= 0.6 is 23.1 Å². The second kappa shape index (κ2) is 19.7. The highest BCUT2D eigenvalue weighted by Crippen LogP contribution is 2.54. The normalized spacial score (nSPS) is 20.8. The Kier molecular flexibility index (Phi) is 13.5. The number of hydrogen-bond donors (Lipinski definition) is 3. The molecule has 368 valence electrons. The number of rotatable bonds is 13. The van der Waals surface area contributed by atoms with Gasteiger partial charge in [-0.1, -0.05) is 25.1 Å². The summed E-state index contributed by atoms with van der Waals surface area (Å²) in [6, 6.07) is 18.5. The number of anilines is 6. The van der Waals surface area contributed by atoms with E-state index in [0.29, 0.717) is 46.8 Å². The zero-order valence-electron chi connectivity index (χ0n) is 40.9. The van der Waals surface area contributed by atoms with Crippen LogP contribution in [-0.2, 0) is 37.2 Å². The van der Waals surface area contributed by atoms with Gasteiger partial charge in [0.05, 0.1) is 33.9 Å². The Labute approximate surface area is 419 Å². The van der Waals surface area contributed by atoms with Gasteiger partial charge in [0.2, 0.25) is 23.7 Å². The molecule has 15 nitrogen and oxygen atoms in total. The largest absolute Gasteiger partial charge is 0.494 e. The fraction of sp³-hybridized carbons (Fsp3) is 0.472. The number of nitrogens with one attached hydrogen (secondary N) is 3. The van der Waals surface area contributed by atoms with Crippen LogP contribution in [0.3, 0.4) is 0 Å². The van der Waals surface area contributed by atoms with Crippen molar-refractivity contribution < 1.29 is 23.7 Å². The number of halogens is 1. The third kappa shape index (κ3) is 9.32. The molecule has 70 heavy (non-hydrogen) atoms. The summed E-state index contributed by atoms with van der Waals surface area (Å²) in [4.78, 5) is 61.9. The van der Waals surface area contributed by atoms with Crippen molar-refractivity contribution in [3.05, 3.63) is 87.7 Å². The number of aryl methyl sites for hydroxylation is 2. The van der Waals surface area contributed by atoms with Crippen LogP contribution in [0.5, 0.6) is 5.75 Å². The molecule has 3 aromatic carbocycles. The van der Waals surface area contributed by atoms with E-state index in [1.807, 2.05) is 38.1 Å². The molecule has 1 unspecified atom stereocenters. The first kappa shape index (κ1) is 48.2. The smallest absolute Gasteiger partial charge is 0.249 e. The first-order chi connectivity index (χ1) is 33.7. The summed E-state index contributed by atoms with van der Waals surface area (Å²) in [6.45, 7) is 15.1. The maximum Gasteiger partial charge on any atom is 0.249 e. The number of carbonyl (C=O) groups excluding carboxylic acids is 3. The summed E-state index contributed by atoms with van der Waals surface area (Å²) in [5.74, 6) is 0.914. The average Bonchev–Trinajstić information content (AvgIpc) is 3.89. The molecule has 10 rings (SSSR count). The van der Waals surface area contributed by atoms with Gasteiger partial charge in [-0.15, -0.1) is 0 Å². The number of imide groups is 1. The third-order valence-corrected chi connectivity index (χ3v) is 19.4. The van der Waals surface area contributed by atoms with Gasteiger partial charge in [-0.05, 0) is 129 Å².